The van der Waals surface area contributed by atoms with Gasteiger partial charge in [0.15, 0.2) is 0 Å². The normalized spacial score (nSPS) is 12.9. The van der Waals surface area contributed by atoms with E-state index in [1.165, 1.54) is 41.8 Å². The fourth-order valence-electron chi connectivity index (χ4n) is 2.42. The van der Waals surface area contributed by atoms with Gasteiger partial charge < -0.3 is 31.1 Å². The number of amides is 2. The van der Waals surface area contributed by atoms with Crippen LogP contribution in [0.2, 0.25) is 0 Å². The van der Waals surface area contributed by atoms with Gasteiger partial charge in [0.25, 0.3) is 5.91 Å². The van der Waals surface area contributed by atoms with E-state index in [2.05, 4.69) is 15.6 Å². The van der Waals surface area contributed by atoms with Crippen LogP contribution in [0, 0.1) is 0 Å². The van der Waals surface area contributed by atoms with Crippen molar-refractivity contribution in [3.05, 3.63) is 52.6 Å². The summed E-state index contributed by atoms with van der Waals surface area (Å²) in [6.45, 7) is 3.00. The Kier molecular flexibility index (Phi) is 9.02. The third-order valence-electron chi connectivity index (χ3n) is 4.53. The van der Waals surface area contributed by atoms with Crippen molar-refractivity contribution in [2.75, 3.05) is 51.1 Å². The molecule has 1 unspecified atom stereocenters. The predicted octanol–water partition coefficient (Wildman–Crippen LogP) is -0.278. The van der Waals surface area contributed by atoms with E-state index in [9.17, 15) is 14.4 Å². The monoisotopic (exact) mass is 446 g/mol. The number of hydrogen-bond acceptors (Lipinski definition) is 8. The molecule has 2 rings (SSSR count). The van der Waals surface area contributed by atoms with Crippen LogP contribution >= 0.6 is 0 Å². The number of aliphatic hydroxyl groups is 1. The van der Waals surface area contributed by atoms with E-state index >= 15 is 0 Å². The second-order valence-electron chi connectivity index (χ2n) is 7.77. The molecule has 0 aliphatic carbocycles. The summed E-state index contributed by atoms with van der Waals surface area (Å²) in [5, 5.41) is 14.3. The third kappa shape index (κ3) is 7.54. The molecule has 2 amide bonds. The SMILES string of the molecule is CN(C)CCOCCn1ccc(NC(=O)c2ccc(NC(=O)C(C)(N)CO)cc2)nc1=O. The second kappa shape index (κ2) is 11.5. The van der Waals surface area contributed by atoms with E-state index in [0.29, 0.717) is 31.0 Å². The largest absolute Gasteiger partial charge is 0.394 e. The van der Waals surface area contributed by atoms with Crippen molar-refractivity contribution >= 4 is 23.3 Å². The van der Waals surface area contributed by atoms with Crippen LogP contribution in [0.15, 0.2) is 41.3 Å². The molecule has 11 heteroatoms. The van der Waals surface area contributed by atoms with E-state index in [1.807, 2.05) is 19.0 Å². The van der Waals surface area contributed by atoms with Gasteiger partial charge in [-0.05, 0) is 51.4 Å². The molecule has 1 aromatic carbocycles. The Hall–Kier alpha value is -3.12. The number of benzene rings is 1. The smallest absolute Gasteiger partial charge is 0.349 e. The maximum absolute atomic E-state index is 12.4. The van der Waals surface area contributed by atoms with Crippen LogP contribution in [0.1, 0.15) is 17.3 Å². The molecule has 1 atom stereocenters. The molecule has 0 bridgehead atoms. The summed E-state index contributed by atoms with van der Waals surface area (Å²) in [4.78, 5) is 42.4. The standard InChI is InChI=1S/C21H30N6O5/c1-21(22,14-28)19(30)23-16-6-4-15(5-7-16)18(29)24-17-8-9-27(20(31)25-17)11-13-32-12-10-26(2)3/h4-9,28H,10-14,22H2,1-3H3,(H,23,30)(H,24,25,29,31). The number of ether oxygens (including phenoxy) is 1. The lowest BCUT2D eigenvalue weighted by molar-refractivity contribution is -0.121. The number of nitrogens with one attached hydrogen (secondary N) is 2. The molecule has 2 aromatic rings. The number of hydrogen-bond donors (Lipinski definition) is 4. The Bertz CT molecular complexity index is 971. The third-order valence-corrected chi connectivity index (χ3v) is 4.53. The number of rotatable bonds is 11. The Labute approximate surface area is 186 Å². The lowest BCUT2D eigenvalue weighted by Crippen LogP contribution is -2.51. The summed E-state index contributed by atoms with van der Waals surface area (Å²) < 4.78 is 6.87. The van der Waals surface area contributed by atoms with Crippen molar-refractivity contribution in [3.8, 4) is 0 Å². The summed E-state index contributed by atoms with van der Waals surface area (Å²) in [5.41, 5.74) is 4.49. The molecule has 11 nitrogen and oxygen atoms in total. The van der Waals surface area contributed by atoms with Gasteiger partial charge in [0.05, 0.1) is 26.4 Å². The number of carbonyl (C=O) groups is 2. The molecule has 32 heavy (non-hydrogen) atoms. The van der Waals surface area contributed by atoms with Crippen molar-refractivity contribution in [1.29, 1.82) is 0 Å². The number of carbonyl (C=O) groups excluding carboxylic acids is 2. The van der Waals surface area contributed by atoms with Crippen LogP contribution in [0.25, 0.3) is 0 Å². The van der Waals surface area contributed by atoms with Gasteiger partial charge in [-0.25, -0.2) is 4.79 Å². The Morgan fingerprint density at radius 3 is 2.47 bits per heavy atom. The Balaban J connectivity index is 1.91. The summed E-state index contributed by atoms with van der Waals surface area (Å²) in [5.74, 6) is -0.882. The molecule has 0 aliphatic rings. The number of aromatic nitrogens is 2. The molecule has 0 radical (unpaired) electrons. The molecule has 174 valence electrons. The molecule has 1 aromatic heterocycles. The number of nitrogens with two attached hydrogens (primary N) is 1. The molecule has 5 N–H and O–H groups in total. The first-order valence-corrected chi connectivity index (χ1v) is 10.0. The Morgan fingerprint density at radius 1 is 1.19 bits per heavy atom. The van der Waals surface area contributed by atoms with Gasteiger partial charge in [0.1, 0.15) is 11.4 Å². The lowest BCUT2D eigenvalue weighted by atomic mass is 10.0. The van der Waals surface area contributed by atoms with E-state index in [4.69, 9.17) is 15.6 Å². The van der Waals surface area contributed by atoms with Crippen molar-refractivity contribution in [1.82, 2.24) is 14.5 Å². The molecule has 0 aliphatic heterocycles. The summed E-state index contributed by atoms with van der Waals surface area (Å²) >= 11 is 0. The average molecular weight is 447 g/mol. The fraction of sp³-hybridized carbons (Fsp3) is 0.429. The van der Waals surface area contributed by atoms with Crippen LogP contribution in [0.5, 0.6) is 0 Å². The second-order valence-corrected chi connectivity index (χ2v) is 7.77. The predicted molar refractivity (Wildman–Crippen MR) is 121 cm³/mol. The van der Waals surface area contributed by atoms with Crippen molar-refractivity contribution in [2.45, 2.75) is 19.0 Å². The maximum Gasteiger partial charge on any atom is 0.349 e. The fourth-order valence-corrected chi connectivity index (χ4v) is 2.42. The average Bonchev–Trinajstić information content (AvgIpc) is 2.75. The highest BCUT2D eigenvalue weighted by atomic mass is 16.5. The molecule has 0 spiro atoms. The minimum absolute atomic E-state index is 0.129. The van der Waals surface area contributed by atoms with Gasteiger partial charge in [0.2, 0.25) is 5.91 Å². The van der Waals surface area contributed by atoms with Gasteiger partial charge in [-0.2, -0.15) is 4.98 Å². The Morgan fingerprint density at radius 2 is 1.88 bits per heavy atom. The number of anilines is 2. The van der Waals surface area contributed by atoms with Gasteiger partial charge in [0, 0.05) is 24.0 Å². The van der Waals surface area contributed by atoms with E-state index < -0.39 is 29.6 Å². The minimum atomic E-state index is -1.42. The van der Waals surface area contributed by atoms with E-state index in [-0.39, 0.29) is 5.82 Å². The summed E-state index contributed by atoms with van der Waals surface area (Å²) in [7, 11) is 3.90. The number of aliphatic hydroxyl groups excluding tert-OH is 1. The summed E-state index contributed by atoms with van der Waals surface area (Å²) in [6, 6.07) is 7.60. The molecule has 1 heterocycles. The van der Waals surface area contributed by atoms with Crippen LogP contribution in [-0.2, 0) is 16.1 Å². The maximum atomic E-state index is 12.4. The summed E-state index contributed by atoms with van der Waals surface area (Å²) in [6.07, 6.45) is 1.55. The van der Waals surface area contributed by atoms with Crippen LogP contribution in [-0.4, -0.2) is 77.4 Å². The van der Waals surface area contributed by atoms with Gasteiger partial charge in [-0.15, -0.1) is 0 Å². The van der Waals surface area contributed by atoms with Gasteiger partial charge in [-0.3, -0.25) is 14.2 Å². The van der Waals surface area contributed by atoms with Crippen molar-refractivity contribution < 1.29 is 19.4 Å². The van der Waals surface area contributed by atoms with Crippen LogP contribution in [0.4, 0.5) is 11.5 Å². The quantitative estimate of drug-likeness (QED) is 0.344. The van der Waals surface area contributed by atoms with Crippen molar-refractivity contribution in [2.24, 2.45) is 5.73 Å². The van der Waals surface area contributed by atoms with Gasteiger partial charge in [-0.1, -0.05) is 0 Å². The van der Waals surface area contributed by atoms with Crippen molar-refractivity contribution in [3.63, 3.8) is 0 Å². The highest BCUT2D eigenvalue weighted by molar-refractivity contribution is 6.04. The minimum Gasteiger partial charge on any atom is -0.394 e. The molecule has 0 saturated heterocycles. The molecule has 0 saturated carbocycles. The molecule has 0 fully saturated rings. The number of likely N-dealkylation sites (N-methyl/N-ethyl adjacent to an activating group) is 1. The van der Waals surface area contributed by atoms with Gasteiger partial charge >= 0.3 is 5.69 Å². The number of nitrogens with zero attached hydrogens (tertiary/aromatic N) is 3. The first kappa shape index (κ1) is 25.1. The molecular weight excluding hydrogens is 416 g/mol. The lowest BCUT2D eigenvalue weighted by Gasteiger charge is -2.20. The van der Waals surface area contributed by atoms with E-state index in [0.717, 1.165) is 6.54 Å². The first-order valence-electron chi connectivity index (χ1n) is 10.0. The van der Waals surface area contributed by atoms with E-state index in [1.54, 1.807) is 6.20 Å². The zero-order chi connectivity index (χ0) is 23.7. The van der Waals surface area contributed by atoms with Crippen LogP contribution in [0.3, 0.4) is 0 Å². The highest BCUT2D eigenvalue weighted by Gasteiger charge is 2.27. The topological polar surface area (TPSA) is 152 Å². The zero-order valence-corrected chi connectivity index (χ0v) is 18.5. The molecular formula is C21H30N6O5. The first-order chi connectivity index (χ1) is 15.1. The highest BCUT2D eigenvalue weighted by Crippen LogP contribution is 2.13. The zero-order valence-electron chi connectivity index (χ0n) is 18.5. The van der Waals surface area contributed by atoms with Crippen LogP contribution < -0.4 is 22.1 Å².